The zero-order chi connectivity index (χ0) is 20.4. The second kappa shape index (κ2) is 8.18. The van der Waals surface area contributed by atoms with Gasteiger partial charge in [0.2, 0.25) is 5.91 Å². The van der Waals surface area contributed by atoms with Gasteiger partial charge >= 0.3 is 6.03 Å². The first-order valence-electron chi connectivity index (χ1n) is 10.5. The van der Waals surface area contributed by atoms with E-state index < -0.39 is 5.41 Å². The lowest BCUT2D eigenvalue weighted by Gasteiger charge is -2.38. The zero-order valence-corrected chi connectivity index (χ0v) is 17.4. The Morgan fingerprint density at radius 1 is 1.14 bits per heavy atom. The van der Waals surface area contributed by atoms with Crippen LogP contribution in [0.5, 0.6) is 0 Å². The van der Waals surface area contributed by atoms with Gasteiger partial charge in [-0.3, -0.25) is 4.79 Å². The van der Waals surface area contributed by atoms with Gasteiger partial charge in [0, 0.05) is 65.5 Å². The molecule has 0 radical (unpaired) electrons. The monoisotopic (exact) mass is 401 g/mol. The van der Waals surface area contributed by atoms with E-state index in [1.165, 1.54) is 0 Å². The van der Waals surface area contributed by atoms with E-state index in [1.807, 2.05) is 28.0 Å². The lowest BCUT2D eigenvalue weighted by molar-refractivity contribution is -0.148. The number of rotatable bonds is 2. The number of nitrogens with zero attached hydrogens (tertiary/aromatic N) is 5. The van der Waals surface area contributed by atoms with E-state index in [0.29, 0.717) is 45.9 Å². The smallest absolute Gasteiger partial charge is 0.319 e. The molecule has 0 N–H and O–H groups in total. The number of carbonyl (C=O) groups is 2. The minimum absolute atomic E-state index is 0.0240. The minimum Gasteiger partial charge on any atom is -0.378 e. The Labute approximate surface area is 172 Å². The second-order valence-electron chi connectivity index (χ2n) is 8.55. The summed E-state index contributed by atoms with van der Waals surface area (Å²) < 4.78 is 5.46. The van der Waals surface area contributed by atoms with E-state index >= 15 is 0 Å². The third kappa shape index (κ3) is 3.77. The third-order valence-electron chi connectivity index (χ3n) is 6.54. The standard InChI is InChI=1S/C21H31N5O3/c1-23(2)20(28)25-9-5-7-21(19(27)24-10-12-29-13-11-24)16-26(15-17(21)14-25)18-6-3-4-8-22-18/h3-4,6,8,17H,5,7,9-16H2,1-2H3/t17-,21-/m0/s1. The summed E-state index contributed by atoms with van der Waals surface area (Å²) in [4.78, 5) is 38.8. The van der Waals surface area contributed by atoms with E-state index in [1.54, 1.807) is 25.2 Å². The molecule has 8 heteroatoms. The molecule has 0 spiro atoms. The molecule has 4 heterocycles. The topological polar surface area (TPSA) is 69.2 Å². The van der Waals surface area contributed by atoms with Crippen molar-refractivity contribution in [3.05, 3.63) is 24.4 Å². The van der Waals surface area contributed by atoms with E-state index in [-0.39, 0.29) is 17.9 Å². The Kier molecular flexibility index (Phi) is 5.63. The number of aromatic nitrogens is 1. The molecular formula is C21H31N5O3. The number of pyridine rings is 1. The summed E-state index contributed by atoms with van der Waals surface area (Å²) in [6, 6.07) is 5.91. The van der Waals surface area contributed by atoms with Gasteiger partial charge in [0.1, 0.15) is 5.82 Å². The van der Waals surface area contributed by atoms with E-state index in [2.05, 4.69) is 9.88 Å². The van der Waals surface area contributed by atoms with Crippen molar-refractivity contribution in [2.45, 2.75) is 12.8 Å². The molecule has 1 aromatic heterocycles. The average Bonchev–Trinajstić information content (AvgIpc) is 3.02. The molecule has 3 amide bonds. The Bertz CT molecular complexity index is 737. The molecule has 158 valence electrons. The number of hydrogen-bond donors (Lipinski definition) is 0. The van der Waals surface area contributed by atoms with Gasteiger partial charge in [0.25, 0.3) is 0 Å². The van der Waals surface area contributed by atoms with Gasteiger partial charge in [-0.25, -0.2) is 9.78 Å². The number of likely N-dealkylation sites (tertiary alicyclic amines) is 1. The van der Waals surface area contributed by atoms with Crippen LogP contribution in [-0.2, 0) is 9.53 Å². The Hall–Kier alpha value is -2.35. The average molecular weight is 402 g/mol. The number of carbonyl (C=O) groups excluding carboxylic acids is 2. The second-order valence-corrected chi connectivity index (χ2v) is 8.55. The van der Waals surface area contributed by atoms with Crippen LogP contribution in [0.1, 0.15) is 12.8 Å². The molecule has 8 nitrogen and oxygen atoms in total. The van der Waals surface area contributed by atoms with Crippen LogP contribution in [0.3, 0.4) is 0 Å². The van der Waals surface area contributed by atoms with Crippen LogP contribution in [0.25, 0.3) is 0 Å². The van der Waals surface area contributed by atoms with Crippen molar-refractivity contribution >= 4 is 17.8 Å². The van der Waals surface area contributed by atoms with Crippen LogP contribution < -0.4 is 4.90 Å². The fourth-order valence-electron chi connectivity index (χ4n) is 5.04. The van der Waals surface area contributed by atoms with Crippen LogP contribution in [0, 0.1) is 11.3 Å². The molecule has 2 atom stereocenters. The fraction of sp³-hybridized carbons (Fsp3) is 0.667. The minimum atomic E-state index is -0.476. The molecule has 3 fully saturated rings. The van der Waals surface area contributed by atoms with Crippen molar-refractivity contribution in [2.24, 2.45) is 11.3 Å². The number of fused-ring (bicyclic) bond motifs is 1. The molecule has 4 rings (SSSR count). The first-order valence-corrected chi connectivity index (χ1v) is 10.5. The highest BCUT2D eigenvalue weighted by Gasteiger charge is 2.55. The maximum Gasteiger partial charge on any atom is 0.319 e. The highest BCUT2D eigenvalue weighted by Crippen LogP contribution is 2.45. The van der Waals surface area contributed by atoms with Crippen LogP contribution in [0.2, 0.25) is 0 Å². The largest absolute Gasteiger partial charge is 0.378 e. The molecular weight excluding hydrogens is 370 g/mol. The predicted octanol–water partition coefficient (Wildman–Crippen LogP) is 1.14. The first-order chi connectivity index (χ1) is 14.0. The summed E-state index contributed by atoms with van der Waals surface area (Å²) in [6.07, 6.45) is 3.43. The molecule has 1 aromatic rings. The first kappa shape index (κ1) is 19.9. The molecule has 3 aliphatic heterocycles. The van der Waals surface area contributed by atoms with Crippen molar-refractivity contribution in [3.63, 3.8) is 0 Å². The maximum absolute atomic E-state index is 13.8. The van der Waals surface area contributed by atoms with Gasteiger partial charge < -0.3 is 24.3 Å². The number of anilines is 1. The lowest BCUT2D eigenvalue weighted by atomic mass is 9.73. The summed E-state index contributed by atoms with van der Waals surface area (Å²) in [7, 11) is 3.57. The Morgan fingerprint density at radius 2 is 1.93 bits per heavy atom. The van der Waals surface area contributed by atoms with Crippen LogP contribution in [0.15, 0.2) is 24.4 Å². The SMILES string of the molecule is CN(C)C(=O)N1CCC[C@]2(C(=O)N3CCOCC3)CN(c3ccccn3)C[C@@H]2C1. The van der Waals surface area contributed by atoms with Gasteiger partial charge in [-0.05, 0) is 25.0 Å². The number of urea groups is 1. The molecule has 0 aromatic carbocycles. The van der Waals surface area contributed by atoms with E-state index in [0.717, 1.165) is 25.2 Å². The van der Waals surface area contributed by atoms with Gasteiger partial charge in [-0.1, -0.05) is 6.07 Å². The van der Waals surface area contributed by atoms with Gasteiger partial charge in [0.15, 0.2) is 0 Å². The molecule has 0 aliphatic carbocycles. The van der Waals surface area contributed by atoms with Gasteiger partial charge in [-0.2, -0.15) is 0 Å². The molecule has 3 saturated heterocycles. The zero-order valence-electron chi connectivity index (χ0n) is 17.4. The molecule has 0 bridgehead atoms. The highest BCUT2D eigenvalue weighted by atomic mass is 16.5. The van der Waals surface area contributed by atoms with Crippen LogP contribution >= 0.6 is 0 Å². The Balaban J connectivity index is 1.64. The van der Waals surface area contributed by atoms with Crippen molar-refractivity contribution < 1.29 is 14.3 Å². The number of hydrogen-bond acceptors (Lipinski definition) is 5. The van der Waals surface area contributed by atoms with E-state index in [4.69, 9.17) is 4.74 Å². The van der Waals surface area contributed by atoms with Crippen LogP contribution in [-0.4, -0.2) is 98.2 Å². The quantitative estimate of drug-likeness (QED) is 0.743. The summed E-state index contributed by atoms with van der Waals surface area (Å²) in [6.45, 7) is 5.21. The summed E-state index contributed by atoms with van der Waals surface area (Å²) in [5, 5.41) is 0. The number of ether oxygens (including phenoxy) is 1. The van der Waals surface area contributed by atoms with Gasteiger partial charge in [0.05, 0.1) is 18.6 Å². The van der Waals surface area contributed by atoms with Crippen molar-refractivity contribution in [2.75, 3.05) is 71.5 Å². The molecule has 0 unspecified atom stereocenters. The third-order valence-corrected chi connectivity index (χ3v) is 6.54. The normalized spacial score (nSPS) is 27.4. The molecule has 3 aliphatic rings. The predicted molar refractivity (Wildman–Crippen MR) is 110 cm³/mol. The lowest BCUT2D eigenvalue weighted by Crippen LogP contribution is -2.53. The summed E-state index contributed by atoms with van der Waals surface area (Å²) >= 11 is 0. The van der Waals surface area contributed by atoms with Crippen molar-refractivity contribution in [1.82, 2.24) is 19.7 Å². The summed E-state index contributed by atoms with van der Waals surface area (Å²) in [5.74, 6) is 1.22. The molecule has 29 heavy (non-hydrogen) atoms. The van der Waals surface area contributed by atoms with Crippen LogP contribution in [0.4, 0.5) is 10.6 Å². The van der Waals surface area contributed by atoms with Gasteiger partial charge in [-0.15, -0.1) is 0 Å². The number of amides is 3. The summed E-state index contributed by atoms with van der Waals surface area (Å²) in [5.41, 5.74) is -0.476. The van der Waals surface area contributed by atoms with E-state index in [9.17, 15) is 9.59 Å². The molecule has 0 saturated carbocycles. The highest BCUT2D eigenvalue weighted by molar-refractivity contribution is 5.85. The Morgan fingerprint density at radius 3 is 2.62 bits per heavy atom. The van der Waals surface area contributed by atoms with Crippen molar-refractivity contribution in [3.8, 4) is 0 Å². The van der Waals surface area contributed by atoms with Crippen molar-refractivity contribution in [1.29, 1.82) is 0 Å². The fourth-order valence-corrected chi connectivity index (χ4v) is 5.04. The maximum atomic E-state index is 13.8. The number of morpholine rings is 1.